The zero-order valence-electron chi connectivity index (χ0n) is 13.5. The van der Waals surface area contributed by atoms with Crippen LogP contribution >= 0.6 is 0 Å². The Hall–Kier alpha value is -1.55. The summed E-state index contributed by atoms with van der Waals surface area (Å²) in [5.74, 6) is 1.28. The standard InChI is InChI=1S/C17H27N3O/c1-12(2)15-9-10-20(11-15)17(21)19-16-7-5-14(6-8-16)13(3)18-4/h5-8,12-13,15,18H,9-11H2,1-4H3,(H,19,21). The molecule has 1 aromatic rings. The lowest BCUT2D eigenvalue weighted by atomic mass is 9.95. The lowest BCUT2D eigenvalue weighted by Crippen LogP contribution is -2.33. The minimum absolute atomic E-state index is 0.0209. The molecular weight excluding hydrogens is 262 g/mol. The Morgan fingerprint density at radius 1 is 1.24 bits per heavy atom. The maximum Gasteiger partial charge on any atom is 0.321 e. The summed E-state index contributed by atoms with van der Waals surface area (Å²) in [5.41, 5.74) is 2.08. The quantitative estimate of drug-likeness (QED) is 0.891. The second-order valence-corrected chi connectivity index (χ2v) is 6.30. The summed E-state index contributed by atoms with van der Waals surface area (Å²) in [7, 11) is 1.94. The van der Waals surface area contributed by atoms with E-state index >= 15 is 0 Å². The van der Waals surface area contributed by atoms with Gasteiger partial charge >= 0.3 is 6.03 Å². The summed E-state index contributed by atoms with van der Waals surface area (Å²) in [4.78, 5) is 14.2. The van der Waals surface area contributed by atoms with Gasteiger partial charge in [-0.05, 0) is 49.9 Å². The van der Waals surface area contributed by atoms with Crippen LogP contribution in [0.2, 0.25) is 0 Å². The molecule has 0 radical (unpaired) electrons. The van der Waals surface area contributed by atoms with Crippen LogP contribution in [0, 0.1) is 11.8 Å². The first-order valence-electron chi connectivity index (χ1n) is 7.84. The summed E-state index contributed by atoms with van der Waals surface area (Å²) in [6, 6.07) is 8.39. The molecule has 2 N–H and O–H groups in total. The number of urea groups is 1. The number of carbonyl (C=O) groups excluding carboxylic acids is 1. The van der Waals surface area contributed by atoms with Crippen LogP contribution in [0.5, 0.6) is 0 Å². The third kappa shape index (κ3) is 3.97. The van der Waals surface area contributed by atoms with Crippen molar-refractivity contribution in [1.82, 2.24) is 10.2 Å². The highest BCUT2D eigenvalue weighted by Gasteiger charge is 2.27. The summed E-state index contributed by atoms with van der Waals surface area (Å²) in [6.07, 6.45) is 1.11. The number of hydrogen-bond acceptors (Lipinski definition) is 2. The third-order valence-corrected chi connectivity index (χ3v) is 4.55. The largest absolute Gasteiger partial charge is 0.324 e. The Morgan fingerprint density at radius 2 is 1.90 bits per heavy atom. The molecule has 1 saturated heterocycles. The number of rotatable bonds is 4. The van der Waals surface area contributed by atoms with Crippen LogP contribution in [-0.4, -0.2) is 31.1 Å². The number of nitrogens with one attached hydrogen (secondary N) is 2. The first kappa shape index (κ1) is 15.8. The van der Waals surface area contributed by atoms with Crippen molar-refractivity contribution in [3.8, 4) is 0 Å². The summed E-state index contributed by atoms with van der Waals surface area (Å²) < 4.78 is 0. The molecule has 1 heterocycles. The second-order valence-electron chi connectivity index (χ2n) is 6.30. The number of nitrogens with zero attached hydrogens (tertiary/aromatic N) is 1. The van der Waals surface area contributed by atoms with Crippen LogP contribution in [0.1, 0.15) is 38.8 Å². The number of benzene rings is 1. The predicted octanol–water partition coefficient (Wildman–Crippen LogP) is 3.48. The molecule has 2 unspecified atom stereocenters. The second kappa shape index (κ2) is 6.94. The van der Waals surface area contributed by atoms with Crippen LogP contribution < -0.4 is 10.6 Å². The van der Waals surface area contributed by atoms with Gasteiger partial charge in [0.15, 0.2) is 0 Å². The SMILES string of the molecule is CNC(C)c1ccc(NC(=O)N2CCC(C(C)C)C2)cc1. The van der Waals surface area contributed by atoms with Crippen LogP contribution in [-0.2, 0) is 0 Å². The number of anilines is 1. The van der Waals surface area contributed by atoms with E-state index in [1.54, 1.807) is 0 Å². The number of amides is 2. The van der Waals surface area contributed by atoms with E-state index in [0.29, 0.717) is 17.9 Å². The van der Waals surface area contributed by atoms with Crippen molar-refractivity contribution in [3.63, 3.8) is 0 Å². The van der Waals surface area contributed by atoms with Gasteiger partial charge < -0.3 is 15.5 Å². The van der Waals surface area contributed by atoms with Gasteiger partial charge in [0.05, 0.1) is 0 Å². The van der Waals surface area contributed by atoms with Crippen molar-refractivity contribution in [3.05, 3.63) is 29.8 Å². The Labute approximate surface area is 127 Å². The summed E-state index contributed by atoms with van der Waals surface area (Å²) in [5, 5.41) is 6.20. The molecule has 0 aromatic heterocycles. The normalized spacial score (nSPS) is 19.9. The molecule has 1 aliphatic heterocycles. The van der Waals surface area contributed by atoms with Gasteiger partial charge in [0.1, 0.15) is 0 Å². The minimum Gasteiger partial charge on any atom is -0.324 e. The molecule has 21 heavy (non-hydrogen) atoms. The lowest BCUT2D eigenvalue weighted by molar-refractivity contribution is 0.219. The first-order valence-corrected chi connectivity index (χ1v) is 7.84. The Bertz CT molecular complexity index is 469. The van der Waals surface area contributed by atoms with E-state index in [9.17, 15) is 4.79 Å². The molecule has 0 spiro atoms. The van der Waals surface area contributed by atoms with Gasteiger partial charge in [-0.25, -0.2) is 4.79 Å². The van der Waals surface area contributed by atoms with Crippen LogP contribution in [0.25, 0.3) is 0 Å². The van der Waals surface area contributed by atoms with Gasteiger partial charge in [-0.15, -0.1) is 0 Å². The molecular formula is C17H27N3O. The van der Waals surface area contributed by atoms with Crippen molar-refractivity contribution in [1.29, 1.82) is 0 Å². The van der Waals surface area contributed by atoms with Crippen molar-refractivity contribution in [2.75, 3.05) is 25.5 Å². The fraction of sp³-hybridized carbons (Fsp3) is 0.588. The average Bonchev–Trinajstić information content (AvgIpc) is 2.97. The molecule has 4 heteroatoms. The average molecular weight is 289 g/mol. The zero-order valence-corrected chi connectivity index (χ0v) is 13.5. The summed E-state index contributed by atoms with van der Waals surface area (Å²) >= 11 is 0. The van der Waals surface area contributed by atoms with E-state index in [1.807, 2.05) is 24.1 Å². The molecule has 1 aliphatic rings. The zero-order chi connectivity index (χ0) is 15.4. The van der Waals surface area contributed by atoms with Crippen molar-refractivity contribution in [2.24, 2.45) is 11.8 Å². The highest BCUT2D eigenvalue weighted by molar-refractivity contribution is 5.89. The van der Waals surface area contributed by atoms with Crippen molar-refractivity contribution < 1.29 is 4.79 Å². The topological polar surface area (TPSA) is 44.4 Å². The Balaban J connectivity index is 1.91. The maximum atomic E-state index is 12.3. The molecule has 2 amide bonds. The van der Waals surface area contributed by atoms with E-state index in [2.05, 4.69) is 43.5 Å². The van der Waals surface area contributed by atoms with Crippen LogP contribution in [0.15, 0.2) is 24.3 Å². The Kier molecular flexibility index (Phi) is 5.23. The Morgan fingerprint density at radius 3 is 2.43 bits per heavy atom. The van der Waals surface area contributed by atoms with E-state index in [1.165, 1.54) is 5.56 Å². The molecule has 0 saturated carbocycles. The molecule has 2 atom stereocenters. The van der Waals surface area contributed by atoms with Crippen LogP contribution in [0.4, 0.5) is 10.5 Å². The van der Waals surface area contributed by atoms with E-state index < -0.39 is 0 Å². The van der Waals surface area contributed by atoms with Gasteiger partial charge in [0.2, 0.25) is 0 Å². The molecule has 1 fully saturated rings. The first-order chi connectivity index (χ1) is 10.0. The van der Waals surface area contributed by atoms with E-state index in [4.69, 9.17) is 0 Å². The molecule has 116 valence electrons. The maximum absolute atomic E-state index is 12.3. The molecule has 1 aromatic carbocycles. The van der Waals surface area contributed by atoms with Gasteiger partial charge in [0, 0.05) is 24.8 Å². The van der Waals surface area contributed by atoms with Gasteiger partial charge in [-0.2, -0.15) is 0 Å². The fourth-order valence-corrected chi connectivity index (χ4v) is 2.74. The monoisotopic (exact) mass is 289 g/mol. The van der Waals surface area contributed by atoms with Gasteiger partial charge in [-0.3, -0.25) is 0 Å². The highest BCUT2D eigenvalue weighted by Crippen LogP contribution is 2.24. The highest BCUT2D eigenvalue weighted by atomic mass is 16.2. The number of likely N-dealkylation sites (tertiary alicyclic amines) is 1. The minimum atomic E-state index is 0.0209. The fourth-order valence-electron chi connectivity index (χ4n) is 2.74. The summed E-state index contributed by atoms with van der Waals surface area (Å²) in [6.45, 7) is 8.31. The molecule has 2 rings (SSSR count). The van der Waals surface area contributed by atoms with E-state index in [-0.39, 0.29) is 6.03 Å². The van der Waals surface area contributed by atoms with Crippen LogP contribution in [0.3, 0.4) is 0 Å². The van der Waals surface area contributed by atoms with E-state index in [0.717, 1.165) is 25.2 Å². The smallest absolute Gasteiger partial charge is 0.321 e. The number of carbonyl (C=O) groups is 1. The lowest BCUT2D eigenvalue weighted by Gasteiger charge is -2.19. The van der Waals surface area contributed by atoms with Crippen molar-refractivity contribution >= 4 is 11.7 Å². The number of hydrogen-bond donors (Lipinski definition) is 2. The van der Waals surface area contributed by atoms with Gasteiger partial charge in [-0.1, -0.05) is 26.0 Å². The molecule has 4 nitrogen and oxygen atoms in total. The predicted molar refractivity (Wildman–Crippen MR) is 87.5 cm³/mol. The molecule has 0 bridgehead atoms. The third-order valence-electron chi connectivity index (χ3n) is 4.55. The van der Waals surface area contributed by atoms with Gasteiger partial charge in [0.25, 0.3) is 0 Å². The van der Waals surface area contributed by atoms with Crippen molar-refractivity contribution in [2.45, 2.75) is 33.2 Å². The molecule has 0 aliphatic carbocycles.